The Balaban J connectivity index is 0.966. The molecule has 4 nitrogen and oxygen atoms in total. The third-order valence-corrected chi connectivity index (χ3v) is 8.81. The van der Waals surface area contributed by atoms with E-state index in [4.69, 9.17) is 4.74 Å². The van der Waals surface area contributed by atoms with E-state index in [9.17, 15) is 13.6 Å². The van der Waals surface area contributed by atoms with Crippen LogP contribution < -0.4 is 0 Å². The zero-order valence-electron chi connectivity index (χ0n) is 21.7. The lowest BCUT2D eigenvalue weighted by Gasteiger charge is -2.41. The van der Waals surface area contributed by atoms with E-state index in [1.54, 1.807) is 4.90 Å². The predicted octanol–water partition coefficient (Wildman–Crippen LogP) is 7.08. The molecule has 0 N–H and O–H groups in total. The van der Waals surface area contributed by atoms with Gasteiger partial charge in [0.25, 0.3) is 0 Å². The summed E-state index contributed by atoms with van der Waals surface area (Å²) >= 11 is 0. The molecule has 1 unspecified atom stereocenters. The molecule has 38 heavy (non-hydrogen) atoms. The molecule has 3 aromatic rings. The van der Waals surface area contributed by atoms with Gasteiger partial charge in [0, 0.05) is 12.0 Å². The van der Waals surface area contributed by atoms with Crippen LogP contribution in [0, 0.1) is 11.6 Å². The zero-order valence-corrected chi connectivity index (χ0v) is 21.7. The van der Waals surface area contributed by atoms with Gasteiger partial charge in [-0.1, -0.05) is 67.4 Å². The second-order valence-corrected chi connectivity index (χ2v) is 10.9. The number of unbranched alkanes of at least 4 members (excludes halogenated alkanes) is 3. The fourth-order valence-corrected chi connectivity index (χ4v) is 6.78. The summed E-state index contributed by atoms with van der Waals surface area (Å²) in [5.41, 5.74) is 6.55. The highest BCUT2D eigenvalue weighted by Crippen LogP contribution is 2.53. The van der Waals surface area contributed by atoms with Gasteiger partial charge in [-0.2, -0.15) is 0 Å². The van der Waals surface area contributed by atoms with Crippen molar-refractivity contribution in [1.82, 2.24) is 9.80 Å². The maximum absolute atomic E-state index is 13.7. The molecule has 1 atom stereocenters. The summed E-state index contributed by atoms with van der Waals surface area (Å²) < 4.78 is 32.2. The summed E-state index contributed by atoms with van der Waals surface area (Å²) in [6, 6.07) is 21.3. The Kier molecular flexibility index (Phi) is 6.91. The molecule has 2 saturated heterocycles. The summed E-state index contributed by atoms with van der Waals surface area (Å²) in [6.07, 6.45) is 6.06. The molecule has 0 aromatic heterocycles. The van der Waals surface area contributed by atoms with Gasteiger partial charge < -0.3 is 9.64 Å². The molecule has 198 valence electrons. The van der Waals surface area contributed by atoms with Crippen molar-refractivity contribution in [1.29, 1.82) is 0 Å². The van der Waals surface area contributed by atoms with Crippen molar-refractivity contribution in [2.24, 2.45) is 0 Å². The average molecular weight is 517 g/mol. The number of halogens is 2. The van der Waals surface area contributed by atoms with Crippen molar-refractivity contribution >= 4 is 6.09 Å². The van der Waals surface area contributed by atoms with E-state index in [2.05, 4.69) is 53.4 Å². The van der Waals surface area contributed by atoms with E-state index in [-0.39, 0.29) is 24.2 Å². The molecule has 1 aliphatic carbocycles. The van der Waals surface area contributed by atoms with Gasteiger partial charge in [0.15, 0.2) is 11.6 Å². The van der Waals surface area contributed by atoms with Crippen LogP contribution in [0.5, 0.6) is 0 Å². The predicted molar refractivity (Wildman–Crippen MR) is 144 cm³/mol. The lowest BCUT2D eigenvalue weighted by Crippen LogP contribution is -2.42. The Morgan fingerprint density at radius 1 is 0.789 bits per heavy atom. The monoisotopic (exact) mass is 516 g/mol. The topological polar surface area (TPSA) is 32.8 Å². The van der Waals surface area contributed by atoms with Crippen LogP contribution in [-0.2, 0) is 10.2 Å². The van der Waals surface area contributed by atoms with E-state index >= 15 is 0 Å². The number of piperidine rings is 1. The number of nitrogens with zero attached hydrogens (tertiary/aromatic N) is 2. The molecule has 3 aromatic carbocycles. The molecule has 0 bridgehead atoms. The number of ether oxygens (including phenoxy) is 1. The van der Waals surface area contributed by atoms with Gasteiger partial charge in [-0.15, -0.1) is 0 Å². The van der Waals surface area contributed by atoms with E-state index in [1.165, 1.54) is 34.4 Å². The van der Waals surface area contributed by atoms with Crippen LogP contribution in [0.2, 0.25) is 0 Å². The minimum Gasteiger partial charge on any atom is -0.447 e. The largest absolute Gasteiger partial charge is 0.447 e. The molecular formula is C32H34F2N2O2. The molecule has 3 aliphatic rings. The van der Waals surface area contributed by atoms with Gasteiger partial charge in [-0.3, -0.25) is 4.90 Å². The summed E-state index contributed by atoms with van der Waals surface area (Å²) in [7, 11) is 0. The number of rotatable bonds is 8. The first kappa shape index (κ1) is 25.1. The summed E-state index contributed by atoms with van der Waals surface area (Å²) in [6.45, 7) is 4.06. The Labute approximate surface area is 223 Å². The number of hydrogen-bond donors (Lipinski definition) is 0. The Morgan fingerprint density at radius 3 is 2.08 bits per heavy atom. The van der Waals surface area contributed by atoms with Crippen LogP contribution in [0.3, 0.4) is 0 Å². The molecule has 2 aliphatic heterocycles. The second kappa shape index (κ2) is 10.5. The number of hydrogen-bond acceptors (Lipinski definition) is 3. The lowest BCUT2D eigenvalue weighted by molar-refractivity contribution is 0.157. The summed E-state index contributed by atoms with van der Waals surface area (Å²) in [5.74, 6) is -1.78. The van der Waals surface area contributed by atoms with Gasteiger partial charge in [0.05, 0.1) is 6.04 Å². The summed E-state index contributed by atoms with van der Waals surface area (Å²) in [4.78, 5) is 16.5. The van der Waals surface area contributed by atoms with E-state index < -0.39 is 11.6 Å². The van der Waals surface area contributed by atoms with Gasteiger partial charge >= 0.3 is 6.09 Å². The third-order valence-electron chi connectivity index (χ3n) is 8.81. The number of cyclic esters (lactones) is 1. The van der Waals surface area contributed by atoms with Crippen molar-refractivity contribution in [2.45, 2.75) is 50.0 Å². The normalized spacial score (nSPS) is 20.0. The average Bonchev–Trinajstić information content (AvgIpc) is 3.44. The van der Waals surface area contributed by atoms with Gasteiger partial charge in [0.1, 0.15) is 6.61 Å². The maximum atomic E-state index is 13.7. The maximum Gasteiger partial charge on any atom is 0.410 e. The lowest BCUT2D eigenvalue weighted by atomic mass is 9.71. The molecule has 6 rings (SSSR count). The molecular weight excluding hydrogens is 482 g/mol. The van der Waals surface area contributed by atoms with Crippen molar-refractivity contribution in [2.75, 3.05) is 32.8 Å². The number of benzene rings is 3. The highest BCUT2D eigenvalue weighted by atomic mass is 19.2. The molecule has 2 fully saturated rings. The first-order valence-electron chi connectivity index (χ1n) is 13.9. The molecule has 2 heterocycles. The standard InChI is InChI=1S/C32H34F2N2O2/c33-28-14-13-23(21-29(28)34)30-22-38-31(37)36(30)18-8-2-1-7-17-35-19-15-32(16-20-35)26-11-5-3-9-24(26)25-10-4-6-12-27(25)32/h3-6,9-14,21,30H,1-2,7-8,15-20,22H2. The molecule has 1 amide bonds. The minimum absolute atomic E-state index is 0.151. The molecule has 0 radical (unpaired) electrons. The van der Waals surface area contributed by atoms with Gasteiger partial charge in [0.2, 0.25) is 0 Å². The zero-order chi connectivity index (χ0) is 26.1. The van der Waals surface area contributed by atoms with Crippen LogP contribution in [0.25, 0.3) is 11.1 Å². The van der Waals surface area contributed by atoms with Crippen molar-refractivity contribution in [3.05, 3.63) is 95.1 Å². The smallest absolute Gasteiger partial charge is 0.410 e. The van der Waals surface area contributed by atoms with Crippen molar-refractivity contribution in [3.8, 4) is 11.1 Å². The van der Waals surface area contributed by atoms with Crippen LogP contribution >= 0.6 is 0 Å². The first-order valence-corrected chi connectivity index (χ1v) is 13.9. The van der Waals surface area contributed by atoms with E-state index in [1.807, 2.05) is 0 Å². The van der Waals surface area contributed by atoms with Gasteiger partial charge in [-0.25, -0.2) is 13.6 Å². The molecule has 0 saturated carbocycles. The quantitative estimate of drug-likeness (QED) is 0.300. The third kappa shape index (κ3) is 4.49. The minimum atomic E-state index is -0.896. The van der Waals surface area contributed by atoms with Gasteiger partial charge in [-0.05, 0) is 85.3 Å². The highest BCUT2D eigenvalue weighted by Gasteiger charge is 2.44. The Morgan fingerprint density at radius 2 is 1.42 bits per heavy atom. The highest BCUT2D eigenvalue weighted by molar-refractivity contribution is 5.81. The van der Waals surface area contributed by atoms with Crippen LogP contribution in [0.4, 0.5) is 13.6 Å². The Bertz CT molecular complexity index is 1270. The molecule has 1 spiro atoms. The van der Waals surface area contributed by atoms with Crippen LogP contribution in [-0.4, -0.2) is 48.7 Å². The van der Waals surface area contributed by atoms with Crippen LogP contribution in [0.1, 0.15) is 61.3 Å². The fraction of sp³-hybridized carbons (Fsp3) is 0.406. The summed E-state index contributed by atoms with van der Waals surface area (Å²) in [5, 5.41) is 0. The number of carbonyl (C=O) groups excluding carboxylic acids is 1. The van der Waals surface area contributed by atoms with E-state index in [0.29, 0.717) is 12.1 Å². The SMILES string of the molecule is O=C1OCC(c2ccc(F)c(F)c2)N1CCCCCCN1CCC2(CC1)c1ccccc1-c1ccccc12. The number of carbonyl (C=O) groups is 1. The van der Waals surface area contributed by atoms with Crippen molar-refractivity contribution in [3.63, 3.8) is 0 Å². The fourth-order valence-electron chi connectivity index (χ4n) is 6.78. The number of fused-ring (bicyclic) bond motifs is 5. The second-order valence-electron chi connectivity index (χ2n) is 10.9. The Hall–Kier alpha value is -3.25. The van der Waals surface area contributed by atoms with Crippen LogP contribution in [0.15, 0.2) is 66.7 Å². The molecule has 6 heteroatoms. The van der Waals surface area contributed by atoms with Crippen molar-refractivity contribution < 1.29 is 18.3 Å². The number of amides is 1. The number of likely N-dealkylation sites (tertiary alicyclic amines) is 1. The van der Waals surface area contributed by atoms with E-state index in [0.717, 1.165) is 64.2 Å². The first-order chi connectivity index (χ1) is 18.6.